The standard InChI is InChI=1S/C14H13ClF3N5O/c15-10-8-20-13(21-12(10)14(16,17)18)23-5-3-22(4-6-23)9-1-2-19-11(24)7-9/h1-2,7-8H,3-6H2,(H,19,24). The molecule has 0 saturated carbocycles. The molecule has 2 aromatic rings. The number of pyridine rings is 1. The lowest BCUT2D eigenvalue weighted by Crippen LogP contribution is -2.47. The van der Waals surface area contributed by atoms with E-state index in [2.05, 4.69) is 15.0 Å². The van der Waals surface area contributed by atoms with E-state index in [9.17, 15) is 18.0 Å². The number of rotatable bonds is 2. The molecule has 24 heavy (non-hydrogen) atoms. The fourth-order valence-corrected chi connectivity index (χ4v) is 2.70. The van der Waals surface area contributed by atoms with Crippen molar-refractivity contribution in [1.29, 1.82) is 0 Å². The van der Waals surface area contributed by atoms with Crippen LogP contribution < -0.4 is 15.4 Å². The van der Waals surface area contributed by atoms with Gasteiger partial charge in [0.2, 0.25) is 11.5 Å². The maximum atomic E-state index is 12.9. The Morgan fingerprint density at radius 2 is 1.83 bits per heavy atom. The molecule has 1 saturated heterocycles. The van der Waals surface area contributed by atoms with Crippen LogP contribution in [0.2, 0.25) is 5.02 Å². The van der Waals surface area contributed by atoms with Crippen LogP contribution in [0.25, 0.3) is 0 Å². The molecule has 1 aliphatic rings. The normalized spacial score (nSPS) is 15.7. The minimum Gasteiger partial charge on any atom is -0.368 e. The van der Waals surface area contributed by atoms with Gasteiger partial charge < -0.3 is 14.8 Å². The van der Waals surface area contributed by atoms with Gasteiger partial charge in [-0.2, -0.15) is 13.2 Å². The Morgan fingerprint density at radius 3 is 2.46 bits per heavy atom. The lowest BCUT2D eigenvalue weighted by molar-refractivity contribution is -0.141. The molecule has 10 heteroatoms. The Labute approximate surface area is 139 Å². The molecule has 6 nitrogen and oxygen atoms in total. The van der Waals surface area contributed by atoms with E-state index in [0.717, 1.165) is 11.9 Å². The number of aromatic amines is 1. The Bertz CT molecular complexity index is 786. The zero-order chi connectivity index (χ0) is 17.3. The number of hydrogen-bond donors (Lipinski definition) is 1. The van der Waals surface area contributed by atoms with Crippen molar-refractivity contribution in [3.05, 3.63) is 45.6 Å². The van der Waals surface area contributed by atoms with Gasteiger partial charge in [-0.3, -0.25) is 4.79 Å². The summed E-state index contributed by atoms with van der Waals surface area (Å²) in [5.41, 5.74) is -0.566. The molecule has 0 radical (unpaired) electrons. The molecular weight excluding hydrogens is 347 g/mol. The third-order valence-electron chi connectivity index (χ3n) is 3.69. The number of anilines is 2. The molecule has 0 amide bonds. The van der Waals surface area contributed by atoms with E-state index in [0.29, 0.717) is 26.2 Å². The lowest BCUT2D eigenvalue weighted by Gasteiger charge is -2.36. The van der Waals surface area contributed by atoms with E-state index in [1.165, 1.54) is 6.07 Å². The van der Waals surface area contributed by atoms with Crippen LogP contribution in [0.3, 0.4) is 0 Å². The number of hydrogen-bond acceptors (Lipinski definition) is 5. The highest BCUT2D eigenvalue weighted by atomic mass is 35.5. The summed E-state index contributed by atoms with van der Waals surface area (Å²) in [7, 11) is 0. The number of halogens is 4. The highest BCUT2D eigenvalue weighted by molar-refractivity contribution is 6.31. The second-order valence-electron chi connectivity index (χ2n) is 5.25. The van der Waals surface area contributed by atoms with E-state index in [1.807, 2.05) is 4.90 Å². The average Bonchev–Trinajstić information content (AvgIpc) is 2.54. The molecule has 128 valence electrons. The minimum absolute atomic E-state index is 0.00251. The van der Waals surface area contributed by atoms with Gasteiger partial charge in [-0.05, 0) is 6.07 Å². The summed E-state index contributed by atoms with van der Waals surface area (Å²) in [6.45, 7) is 1.95. The van der Waals surface area contributed by atoms with Crippen molar-refractivity contribution in [2.75, 3.05) is 36.0 Å². The van der Waals surface area contributed by atoms with E-state index >= 15 is 0 Å². The first-order valence-corrected chi connectivity index (χ1v) is 7.51. The molecule has 3 rings (SSSR count). The number of nitrogens with one attached hydrogen (secondary N) is 1. The molecule has 3 heterocycles. The van der Waals surface area contributed by atoms with Crippen LogP contribution in [0.4, 0.5) is 24.8 Å². The van der Waals surface area contributed by atoms with E-state index < -0.39 is 16.9 Å². The van der Waals surface area contributed by atoms with Crippen LogP contribution in [0.5, 0.6) is 0 Å². The third kappa shape index (κ3) is 3.45. The minimum atomic E-state index is -4.62. The highest BCUT2D eigenvalue weighted by Crippen LogP contribution is 2.33. The van der Waals surface area contributed by atoms with Gasteiger partial charge in [-0.25, -0.2) is 9.97 Å². The zero-order valence-electron chi connectivity index (χ0n) is 12.3. The van der Waals surface area contributed by atoms with Gasteiger partial charge in [0.25, 0.3) is 0 Å². The smallest absolute Gasteiger partial charge is 0.368 e. The second kappa shape index (κ2) is 6.31. The molecule has 0 aliphatic carbocycles. The quantitative estimate of drug-likeness (QED) is 0.890. The number of H-pyrrole nitrogens is 1. The summed E-state index contributed by atoms with van der Waals surface area (Å²) in [4.78, 5) is 25.0. The fourth-order valence-electron chi connectivity index (χ4n) is 2.50. The summed E-state index contributed by atoms with van der Waals surface area (Å²) < 4.78 is 38.6. The first-order chi connectivity index (χ1) is 11.3. The van der Waals surface area contributed by atoms with Crippen LogP contribution in [0.1, 0.15) is 5.69 Å². The van der Waals surface area contributed by atoms with Gasteiger partial charge in [0.05, 0.1) is 11.2 Å². The summed E-state index contributed by atoms with van der Waals surface area (Å²) in [6.07, 6.45) is -2.10. The summed E-state index contributed by atoms with van der Waals surface area (Å²) >= 11 is 5.53. The third-order valence-corrected chi connectivity index (χ3v) is 3.96. The molecule has 1 N–H and O–H groups in total. The van der Waals surface area contributed by atoms with Crippen molar-refractivity contribution in [1.82, 2.24) is 15.0 Å². The molecule has 1 aliphatic heterocycles. The van der Waals surface area contributed by atoms with Crippen molar-refractivity contribution < 1.29 is 13.2 Å². The predicted molar refractivity (Wildman–Crippen MR) is 83.5 cm³/mol. The Hall–Kier alpha value is -2.29. The maximum Gasteiger partial charge on any atom is 0.435 e. The van der Waals surface area contributed by atoms with Gasteiger partial charge in [0.15, 0.2) is 5.69 Å². The monoisotopic (exact) mass is 359 g/mol. The summed E-state index contributed by atoms with van der Waals surface area (Å²) in [5.74, 6) is -0.00251. The molecule has 0 atom stereocenters. The van der Waals surface area contributed by atoms with Crippen molar-refractivity contribution >= 4 is 23.2 Å². The van der Waals surface area contributed by atoms with Crippen LogP contribution in [0, 0.1) is 0 Å². The van der Waals surface area contributed by atoms with Gasteiger partial charge in [-0.15, -0.1) is 0 Å². The maximum absolute atomic E-state index is 12.9. The molecule has 1 fully saturated rings. The summed E-state index contributed by atoms with van der Waals surface area (Å²) in [5, 5.41) is -0.520. The molecule has 2 aromatic heterocycles. The van der Waals surface area contributed by atoms with Crippen molar-refractivity contribution in [2.24, 2.45) is 0 Å². The van der Waals surface area contributed by atoms with Crippen LogP contribution in [-0.2, 0) is 6.18 Å². The van der Waals surface area contributed by atoms with Gasteiger partial charge in [-0.1, -0.05) is 11.6 Å². The van der Waals surface area contributed by atoms with Crippen molar-refractivity contribution in [3.63, 3.8) is 0 Å². The van der Waals surface area contributed by atoms with Gasteiger partial charge in [0.1, 0.15) is 0 Å². The van der Waals surface area contributed by atoms with Crippen molar-refractivity contribution in [3.8, 4) is 0 Å². The van der Waals surface area contributed by atoms with Crippen LogP contribution in [0.15, 0.2) is 29.3 Å². The lowest BCUT2D eigenvalue weighted by atomic mass is 10.2. The summed E-state index contributed by atoms with van der Waals surface area (Å²) in [6, 6.07) is 3.26. The van der Waals surface area contributed by atoms with E-state index in [4.69, 9.17) is 11.6 Å². The fraction of sp³-hybridized carbons (Fsp3) is 0.357. The van der Waals surface area contributed by atoms with E-state index in [1.54, 1.807) is 17.2 Å². The molecule has 0 bridgehead atoms. The Kier molecular flexibility index (Phi) is 4.35. The van der Waals surface area contributed by atoms with Crippen molar-refractivity contribution in [2.45, 2.75) is 6.18 Å². The SMILES string of the molecule is O=c1cc(N2CCN(c3ncc(Cl)c(C(F)(F)F)n3)CC2)cc[nH]1. The predicted octanol–water partition coefficient (Wildman–Crippen LogP) is 2.16. The largest absolute Gasteiger partial charge is 0.435 e. The second-order valence-corrected chi connectivity index (χ2v) is 5.66. The van der Waals surface area contributed by atoms with Gasteiger partial charge >= 0.3 is 6.18 Å². The first kappa shape index (κ1) is 16.6. The highest BCUT2D eigenvalue weighted by Gasteiger charge is 2.36. The number of piperazine rings is 1. The number of nitrogens with zero attached hydrogens (tertiary/aromatic N) is 4. The molecule has 0 unspecified atom stereocenters. The van der Waals surface area contributed by atoms with E-state index in [-0.39, 0.29) is 11.5 Å². The molecular formula is C14H13ClF3N5O. The molecule has 0 aromatic carbocycles. The topological polar surface area (TPSA) is 65.1 Å². The number of aromatic nitrogens is 3. The zero-order valence-corrected chi connectivity index (χ0v) is 13.1. The van der Waals surface area contributed by atoms with Gasteiger partial charge in [0, 0.05) is 44.1 Å². The van der Waals surface area contributed by atoms with Crippen LogP contribution in [-0.4, -0.2) is 41.1 Å². The van der Waals surface area contributed by atoms with Crippen LogP contribution >= 0.6 is 11.6 Å². The first-order valence-electron chi connectivity index (χ1n) is 7.13. The average molecular weight is 360 g/mol. The number of alkyl halides is 3. The molecule has 0 spiro atoms. The Morgan fingerprint density at radius 1 is 1.17 bits per heavy atom. The Balaban J connectivity index is 1.74.